The van der Waals surface area contributed by atoms with Crippen LogP contribution in [-0.4, -0.2) is 43.6 Å². The summed E-state index contributed by atoms with van der Waals surface area (Å²) in [4.78, 5) is 12.2. The fourth-order valence-electron chi connectivity index (χ4n) is 4.32. The van der Waals surface area contributed by atoms with Crippen molar-refractivity contribution < 1.29 is 28.5 Å². The van der Waals surface area contributed by atoms with Crippen LogP contribution in [0.15, 0.2) is 103 Å². The summed E-state index contributed by atoms with van der Waals surface area (Å²) in [5.74, 6) is -0.527. The van der Waals surface area contributed by atoms with Gasteiger partial charge in [-0.25, -0.2) is 4.79 Å². The van der Waals surface area contributed by atoms with Crippen LogP contribution >= 0.6 is 0 Å². The monoisotopic (exact) mass is 517 g/mol. The minimum Gasteiger partial charge on any atom is -0.463 e. The van der Waals surface area contributed by atoms with E-state index in [0.29, 0.717) is 19.8 Å². The zero-order chi connectivity index (χ0) is 26.6. The van der Waals surface area contributed by atoms with E-state index in [4.69, 9.17) is 29.4 Å². The average molecular weight is 518 g/mol. The van der Waals surface area contributed by atoms with Gasteiger partial charge in [-0.2, -0.15) is 0 Å². The van der Waals surface area contributed by atoms with Crippen molar-refractivity contribution >= 4 is 5.97 Å². The molecule has 1 fully saturated rings. The van der Waals surface area contributed by atoms with Crippen LogP contribution in [0.2, 0.25) is 0 Å². The van der Waals surface area contributed by atoms with Gasteiger partial charge in [-0.05, 0) is 23.6 Å². The molecule has 0 radical (unpaired) electrons. The van der Waals surface area contributed by atoms with Crippen LogP contribution in [0.25, 0.3) is 0 Å². The Morgan fingerprint density at radius 2 is 1.29 bits per heavy atom. The van der Waals surface area contributed by atoms with Gasteiger partial charge < -0.3 is 29.4 Å². The third-order valence-corrected chi connectivity index (χ3v) is 6.17. The summed E-state index contributed by atoms with van der Waals surface area (Å²) in [5.41, 5.74) is 9.69. The first-order valence-electron chi connectivity index (χ1n) is 12.9. The van der Waals surface area contributed by atoms with Gasteiger partial charge in [0.25, 0.3) is 0 Å². The normalized spacial score (nSPS) is 21.3. The van der Waals surface area contributed by atoms with Crippen LogP contribution in [-0.2, 0) is 48.3 Å². The summed E-state index contributed by atoms with van der Waals surface area (Å²) >= 11 is 0. The molecule has 3 aromatic carbocycles. The molecule has 0 aromatic heterocycles. The van der Waals surface area contributed by atoms with Gasteiger partial charge in [0.15, 0.2) is 0 Å². The number of hydrogen-bond donors (Lipinski definition) is 1. The molecule has 0 spiro atoms. The number of benzene rings is 3. The van der Waals surface area contributed by atoms with Gasteiger partial charge >= 0.3 is 5.97 Å². The quantitative estimate of drug-likeness (QED) is 0.263. The highest BCUT2D eigenvalue weighted by atomic mass is 16.6. The predicted octanol–water partition coefficient (Wildman–Crippen LogP) is 4.55. The zero-order valence-electron chi connectivity index (χ0n) is 21.6. The van der Waals surface area contributed by atoms with E-state index in [-0.39, 0.29) is 18.9 Å². The first-order chi connectivity index (χ1) is 18.6. The molecule has 3 aromatic rings. The number of rotatable bonds is 13. The molecule has 0 bridgehead atoms. The van der Waals surface area contributed by atoms with E-state index in [0.717, 1.165) is 16.7 Å². The van der Waals surface area contributed by atoms with Crippen LogP contribution in [0, 0.1) is 0 Å². The molecule has 0 amide bonds. The Labute approximate surface area is 224 Å². The second kappa shape index (κ2) is 14.4. The zero-order valence-corrected chi connectivity index (χ0v) is 21.6. The molecular formula is C31H35NO6. The van der Waals surface area contributed by atoms with E-state index in [9.17, 15) is 4.79 Å². The van der Waals surface area contributed by atoms with Crippen molar-refractivity contribution in [2.45, 2.75) is 51.2 Å². The first-order valence-corrected chi connectivity index (χ1v) is 12.9. The van der Waals surface area contributed by atoms with E-state index in [1.807, 2.05) is 91.0 Å². The van der Waals surface area contributed by atoms with Gasteiger partial charge in [-0.1, -0.05) is 91.0 Å². The predicted molar refractivity (Wildman–Crippen MR) is 144 cm³/mol. The summed E-state index contributed by atoms with van der Waals surface area (Å²) in [7, 11) is 0. The summed E-state index contributed by atoms with van der Waals surface area (Å²) < 4.78 is 30.3. The molecule has 4 rings (SSSR count). The number of nitrogens with two attached hydrogens (primary N) is 1. The van der Waals surface area contributed by atoms with Gasteiger partial charge in [0.1, 0.15) is 24.4 Å². The van der Waals surface area contributed by atoms with Crippen molar-refractivity contribution in [2.75, 3.05) is 13.2 Å². The van der Waals surface area contributed by atoms with Crippen LogP contribution < -0.4 is 5.73 Å². The van der Waals surface area contributed by atoms with Gasteiger partial charge in [0, 0.05) is 11.8 Å². The highest BCUT2D eigenvalue weighted by Crippen LogP contribution is 2.31. The van der Waals surface area contributed by atoms with E-state index in [1.165, 1.54) is 6.08 Å². The highest BCUT2D eigenvalue weighted by Gasteiger charge is 2.47. The van der Waals surface area contributed by atoms with Crippen molar-refractivity contribution in [3.05, 3.63) is 119 Å². The Morgan fingerprint density at radius 1 is 0.789 bits per heavy atom. The molecule has 200 valence electrons. The van der Waals surface area contributed by atoms with Gasteiger partial charge in [0.05, 0.1) is 33.0 Å². The molecule has 1 heterocycles. The van der Waals surface area contributed by atoms with Gasteiger partial charge in [-0.15, -0.1) is 0 Å². The molecule has 0 aliphatic carbocycles. The van der Waals surface area contributed by atoms with E-state index in [1.54, 1.807) is 6.92 Å². The minimum absolute atomic E-state index is 0.223. The molecule has 0 unspecified atom stereocenters. The van der Waals surface area contributed by atoms with Crippen molar-refractivity contribution in [2.24, 2.45) is 5.73 Å². The van der Waals surface area contributed by atoms with Crippen molar-refractivity contribution in [3.63, 3.8) is 0 Å². The molecular weight excluding hydrogens is 482 g/mol. The SMILES string of the molecule is CCOC(=O)/C=C(/N)[C@@H]1O[C@H](COCc2ccccc2)[C@@H](OCc2ccccc2)[C@H]1OCc1ccccc1. The topological polar surface area (TPSA) is 89.2 Å². The Morgan fingerprint density at radius 3 is 1.82 bits per heavy atom. The average Bonchev–Trinajstić information content (AvgIpc) is 3.30. The number of hydrogen-bond acceptors (Lipinski definition) is 7. The molecule has 0 saturated carbocycles. The standard InChI is InChI=1S/C31H35NO6/c1-2-35-28(33)18-26(32)29-31(37-21-25-16-10-5-11-17-25)30(36-20-24-14-8-4-9-15-24)27(38-29)22-34-19-23-12-6-3-7-13-23/h3-18,27,29-31H,2,19-22,32H2,1H3/b26-18+/t27-,29+,30-,31+/m1/s1. The van der Waals surface area contributed by atoms with Crippen LogP contribution in [0.5, 0.6) is 0 Å². The summed E-state index contributed by atoms with van der Waals surface area (Å²) in [6.45, 7) is 3.39. The van der Waals surface area contributed by atoms with Crippen LogP contribution in [0.4, 0.5) is 0 Å². The second-order valence-corrected chi connectivity index (χ2v) is 9.01. The molecule has 1 aliphatic rings. The number of esters is 1. The molecule has 4 atom stereocenters. The highest BCUT2D eigenvalue weighted by molar-refractivity contribution is 5.82. The Balaban J connectivity index is 1.54. The second-order valence-electron chi connectivity index (χ2n) is 9.01. The first kappa shape index (κ1) is 27.5. The minimum atomic E-state index is -0.714. The maximum atomic E-state index is 12.2. The molecule has 7 heteroatoms. The lowest BCUT2D eigenvalue weighted by Gasteiger charge is -2.25. The number of carbonyl (C=O) groups excluding carboxylic acids is 1. The molecule has 2 N–H and O–H groups in total. The Hall–Kier alpha value is -3.49. The third-order valence-electron chi connectivity index (χ3n) is 6.17. The maximum absolute atomic E-state index is 12.2. The molecule has 7 nitrogen and oxygen atoms in total. The molecule has 38 heavy (non-hydrogen) atoms. The summed E-state index contributed by atoms with van der Waals surface area (Å²) in [6.07, 6.45) is -0.991. The van der Waals surface area contributed by atoms with Crippen LogP contribution in [0.3, 0.4) is 0 Å². The van der Waals surface area contributed by atoms with Crippen molar-refractivity contribution in [1.29, 1.82) is 0 Å². The fourth-order valence-corrected chi connectivity index (χ4v) is 4.32. The lowest BCUT2D eigenvalue weighted by Crippen LogP contribution is -2.40. The van der Waals surface area contributed by atoms with E-state index in [2.05, 4.69) is 0 Å². The van der Waals surface area contributed by atoms with Gasteiger partial charge in [-0.3, -0.25) is 0 Å². The Bertz CT molecular complexity index is 1140. The lowest BCUT2D eigenvalue weighted by molar-refractivity contribution is -0.137. The smallest absolute Gasteiger partial charge is 0.332 e. The van der Waals surface area contributed by atoms with Crippen molar-refractivity contribution in [1.82, 2.24) is 0 Å². The number of carbonyl (C=O) groups is 1. The summed E-state index contributed by atoms with van der Waals surface area (Å²) in [5, 5.41) is 0. The number of ether oxygens (including phenoxy) is 5. The Kier molecular flexibility index (Phi) is 10.5. The fraction of sp³-hybridized carbons (Fsp3) is 0.323. The lowest BCUT2D eigenvalue weighted by atomic mass is 10.0. The van der Waals surface area contributed by atoms with E-state index >= 15 is 0 Å². The van der Waals surface area contributed by atoms with Gasteiger partial charge in [0.2, 0.25) is 0 Å². The summed E-state index contributed by atoms with van der Waals surface area (Å²) in [6, 6.07) is 29.7. The van der Waals surface area contributed by atoms with Crippen molar-refractivity contribution in [3.8, 4) is 0 Å². The molecule has 1 saturated heterocycles. The van der Waals surface area contributed by atoms with E-state index < -0.39 is 30.4 Å². The van der Waals surface area contributed by atoms with Crippen LogP contribution in [0.1, 0.15) is 23.6 Å². The third kappa shape index (κ3) is 8.00. The largest absolute Gasteiger partial charge is 0.463 e. The molecule has 1 aliphatic heterocycles. The maximum Gasteiger partial charge on any atom is 0.332 e.